The first kappa shape index (κ1) is 13.7. The summed E-state index contributed by atoms with van der Waals surface area (Å²) in [6.45, 7) is 4.18. The minimum atomic E-state index is -0.442. The van der Waals surface area contributed by atoms with Crippen LogP contribution in [-0.2, 0) is 6.54 Å². The van der Waals surface area contributed by atoms with Gasteiger partial charge in [0.15, 0.2) is 11.5 Å². The van der Waals surface area contributed by atoms with Gasteiger partial charge in [0.1, 0.15) is 0 Å². The highest BCUT2D eigenvalue weighted by Gasteiger charge is 2.15. The fourth-order valence-corrected chi connectivity index (χ4v) is 1.52. The third kappa shape index (κ3) is 3.55. The van der Waals surface area contributed by atoms with Gasteiger partial charge >= 0.3 is 0 Å². The molecule has 1 aromatic carbocycles. The van der Waals surface area contributed by atoms with E-state index in [0.29, 0.717) is 22.9 Å². The van der Waals surface area contributed by atoms with Crippen LogP contribution in [0, 0.1) is 12.3 Å². The highest BCUT2D eigenvalue weighted by Crippen LogP contribution is 2.33. The highest BCUT2D eigenvalue weighted by molar-refractivity contribution is 6.30. The Kier molecular flexibility index (Phi) is 4.28. The number of nitrogens with one attached hydrogen (secondary N) is 1. The molecule has 0 aliphatic rings. The van der Waals surface area contributed by atoms with Gasteiger partial charge in [0, 0.05) is 23.2 Å². The van der Waals surface area contributed by atoms with Crippen LogP contribution in [0.2, 0.25) is 5.02 Å². The largest absolute Gasteiger partial charge is 0.504 e. The second-order valence-corrected chi connectivity index (χ2v) is 4.68. The van der Waals surface area contributed by atoms with Crippen LogP contribution in [-0.4, -0.2) is 17.8 Å². The van der Waals surface area contributed by atoms with E-state index in [1.54, 1.807) is 12.1 Å². The maximum absolute atomic E-state index is 9.91. The van der Waals surface area contributed by atoms with Gasteiger partial charge in [0.05, 0.1) is 12.6 Å². The lowest BCUT2D eigenvalue weighted by atomic mass is 10.1. The first-order valence-electron chi connectivity index (χ1n) is 5.18. The number of rotatable bonds is 4. The van der Waals surface area contributed by atoms with Crippen LogP contribution in [0.15, 0.2) is 12.1 Å². The molecule has 92 valence electrons. The molecule has 0 spiro atoms. The number of terminal acetylenes is 1. The van der Waals surface area contributed by atoms with Crippen LogP contribution in [0.3, 0.4) is 0 Å². The van der Waals surface area contributed by atoms with E-state index < -0.39 is 5.54 Å². The SMILES string of the molecule is C#CC(C)(C)NCc1cc(Cl)cc(OC)c1O. The fraction of sp³-hybridized carbons (Fsp3) is 0.385. The third-order valence-electron chi connectivity index (χ3n) is 2.42. The summed E-state index contributed by atoms with van der Waals surface area (Å²) in [7, 11) is 1.48. The summed E-state index contributed by atoms with van der Waals surface area (Å²) in [5.74, 6) is 3.05. The van der Waals surface area contributed by atoms with Crippen LogP contribution in [0.1, 0.15) is 19.4 Å². The molecule has 0 aliphatic carbocycles. The Morgan fingerprint density at radius 2 is 2.18 bits per heavy atom. The molecule has 0 saturated carbocycles. The summed E-state index contributed by atoms with van der Waals surface area (Å²) < 4.78 is 5.02. The summed E-state index contributed by atoms with van der Waals surface area (Å²) in [6, 6.07) is 3.24. The maximum atomic E-state index is 9.91. The molecule has 17 heavy (non-hydrogen) atoms. The average Bonchev–Trinajstić information content (AvgIpc) is 2.30. The van der Waals surface area contributed by atoms with Gasteiger partial charge in [-0.3, -0.25) is 5.32 Å². The van der Waals surface area contributed by atoms with Crippen molar-refractivity contribution in [3.63, 3.8) is 0 Å². The van der Waals surface area contributed by atoms with Crippen LogP contribution >= 0.6 is 11.6 Å². The van der Waals surface area contributed by atoms with Gasteiger partial charge in [-0.05, 0) is 19.9 Å². The van der Waals surface area contributed by atoms with E-state index in [1.165, 1.54) is 7.11 Å². The second-order valence-electron chi connectivity index (χ2n) is 4.24. The first-order chi connectivity index (χ1) is 7.89. The summed E-state index contributed by atoms with van der Waals surface area (Å²) in [6.07, 6.45) is 5.37. The van der Waals surface area contributed by atoms with E-state index in [2.05, 4.69) is 11.2 Å². The molecular weight excluding hydrogens is 238 g/mol. The fourth-order valence-electron chi connectivity index (χ4n) is 1.29. The topological polar surface area (TPSA) is 41.5 Å². The molecule has 0 aliphatic heterocycles. The van der Waals surface area contributed by atoms with Gasteiger partial charge in [-0.1, -0.05) is 17.5 Å². The lowest BCUT2D eigenvalue weighted by Crippen LogP contribution is -2.36. The smallest absolute Gasteiger partial charge is 0.162 e. The van der Waals surface area contributed by atoms with Crippen molar-refractivity contribution in [3.8, 4) is 23.8 Å². The van der Waals surface area contributed by atoms with Crippen molar-refractivity contribution in [1.82, 2.24) is 5.32 Å². The van der Waals surface area contributed by atoms with Crippen molar-refractivity contribution >= 4 is 11.6 Å². The van der Waals surface area contributed by atoms with E-state index >= 15 is 0 Å². The third-order valence-corrected chi connectivity index (χ3v) is 2.64. The molecule has 4 heteroatoms. The Balaban J connectivity index is 2.92. The van der Waals surface area contributed by atoms with E-state index in [9.17, 15) is 5.11 Å². The van der Waals surface area contributed by atoms with Crippen molar-refractivity contribution in [3.05, 3.63) is 22.7 Å². The molecule has 0 radical (unpaired) electrons. The number of ether oxygens (including phenoxy) is 1. The second kappa shape index (κ2) is 5.31. The molecular formula is C13H16ClNO2. The quantitative estimate of drug-likeness (QED) is 0.811. The lowest BCUT2D eigenvalue weighted by molar-refractivity contribution is 0.368. The van der Waals surface area contributed by atoms with Crippen molar-refractivity contribution < 1.29 is 9.84 Å². The van der Waals surface area contributed by atoms with Crippen LogP contribution < -0.4 is 10.1 Å². The normalized spacial score (nSPS) is 11.0. The van der Waals surface area contributed by atoms with E-state index in [-0.39, 0.29) is 5.75 Å². The summed E-state index contributed by atoms with van der Waals surface area (Å²) in [5, 5.41) is 13.6. The molecule has 2 N–H and O–H groups in total. The number of aromatic hydroxyl groups is 1. The standard InChI is InChI=1S/C13H16ClNO2/c1-5-13(2,3)15-8-9-6-10(14)7-11(17-4)12(9)16/h1,6-7,15-16H,8H2,2-4H3. The van der Waals surface area contributed by atoms with Gasteiger partial charge in [-0.15, -0.1) is 6.42 Å². The minimum Gasteiger partial charge on any atom is -0.504 e. The van der Waals surface area contributed by atoms with Crippen molar-refractivity contribution in [2.24, 2.45) is 0 Å². The molecule has 0 heterocycles. The number of phenols is 1. The van der Waals surface area contributed by atoms with Gasteiger partial charge < -0.3 is 9.84 Å². The molecule has 0 aromatic heterocycles. The summed E-state index contributed by atoms with van der Waals surface area (Å²) >= 11 is 5.93. The first-order valence-corrected chi connectivity index (χ1v) is 5.55. The number of phenolic OH excluding ortho intramolecular Hbond substituents is 1. The predicted molar refractivity (Wildman–Crippen MR) is 69.4 cm³/mol. The van der Waals surface area contributed by atoms with Gasteiger partial charge in [-0.2, -0.15) is 0 Å². The highest BCUT2D eigenvalue weighted by atomic mass is 35.5. The van der Waals surface area contributed by atoms with E-state index in [1.807, 2.05) is 13.8 Å². The number of methoxy groups -OCH3 is 1. The molecule has 1 aromatic rings. The monoisotopic (exact) mass is 253 g/mol. The van der Waals surface area contributed by atoms with E-state index in [0.717, 1.165) is 0 Å². The molecule has 0 amide bonds. The van der Waals surface area contributed by atoms with Gasteiger partial charge in [-0.25, -0.2) is 0 Å². The zero-order chi connectivity index (χ0) is 13.1. The summed E-state index contributed by atoms with van der Waals surface area (Å²) in [5.41, 5.74) is 0.208. The van der Waals surface area contributed by atoms with E-state index in [4.69, 9.17) is 22.8 Å². The molecule has 0 fully saturated rings. The number of benzene rings is 1. The molecule has 1 rings (SSSR count). The Morgan fingerprint density at radius 1 is 1.53 bits per heavy atom. The Labute approximate surface area is 107 Å². The van der Waals surface area contributed by atoms with Gasteiger partial charge in [0.2, 0.25) is 0 Å². The number of hydrogen-bond acceptors (Lipinski definition) is 3. The molecule has 0 unspecified atom stereocenters. The Bertz CT molecular complexity index is 449. The van der Waals surface area contributed by atoms with Crippen LogP contribution in [0.4, 0.5) is 0 Å². The number of halogens is 1. The molecule has 3 nitrogen and oxygen atoms in total. The molecule has 0 atom stereocenters. The lowest BCUT2D eigenvalue weighted by Gasteiger charge is -2.20. The minimum absolute atomic E-state index is 0.0808. The zero-order valence-corrected chi connectivity index (χ0v) is 10.9. The van der Waals surface area contributed by atoms with Crippen molar-refractivity contribution in [2.45, 2.75) is 25.9 Å². The van der Waals surface area contributed by atoms with Crippen molar-refractivity contribution in [2.75, 3.05) is 7.11 Å². The predicted octanol–water partition coefficient (Wildman–Crippen LogP) is 2.56. The van der Waals surface area contributed by atoms with Gasteiger partial charge in [0.25, 0.3) is 0 Å². The molecule has 0 saturated heterocycles. The van der Waals surface area contributed by atoms with Crippen LogP contribution in [0.25, 0.3) is 0 Å². The van der Waals surface area contributed by atoms with Crippen molar-refractivity contribution in [1.29, 1.82) is 0 Å². The average molecular weight is 254 g/mol. The maximum Gasteiger partial charge on any atom is 0.162 e. The summed E-state index contributed by atoms with van der Waals surface area (Å²) in [4.78, 5) is 0. The molecule has 0 bridgehead atoms. The number of hydrogen-bond donors (Lipinski definition) is 2. The Hall–Kier alpha value is -1.37. The zero-order valence-electron chi connectivity index (χ0n) is 10.2. The van der Waals surface area contributed by atoms with Crippen LogP contribution in [0.5, 0.6) is 11.5 Å². The Morgan fingerprint density at radius 3 is 2.71 bits per heavy atom.